The van der Waals surface area contributed by atoms with Crippen molar-refractivity contribution < 1.29 is 4.74 Å². The summed E-state index contributed by atoms with van der Waals surface area (Å²) in [5.41, 5.74) is 1.16. The Bertz CT molecular complexity index is 561. The second-order valence-electron chi connectivity index (χ2n) is 7.32. The van der Waals surface area contributed by atoms with Crippen molar-refractivity contribution in [3.8, 4) is 5.75 Å². The number of halogens is 1. The Morgan fingerprint density at radius 1 is 1.18 bits per heavy atom. The van der Waals surface area contributed by atoms with Gasteiger partial charge in [0.05, 0.1) is 6.54 Å². The van der Waals surface area contributed by atoms with Gasteiger partial charge >= 0.3 is 0 Å². The number of aliphatic imine (C=N–C) groups is 1. The Kier molecular flexibility index (Phi) is 13.3. The topological polar surface area (TPSA) is 52.1 Å². The summed E-state index contributed by atoms with van der Waals surface area (Å²) in [7, 11) is 4.10. The van der Waals surface area contributed by atoms with Crippen LogP contribution in [0.25, 0.3) is 0 Å². The lowest BCUT2D eigenvalue weighted by molar-refractivity contribution is 0.232. The smallest absolute Gasteiger partial charge is 0.191 e. The van der Waals surface area contributed by atoms with Crippen molar-refractivity contribution >= 4 is 29.9 Å². The maximum absolute atomic E-state index is 5.82. The number of guanidine groups is 1. The highest BCUT2D eigenvalue weighted by Gasteiger charge is 2.09. The van der Waals surface area contributed by atoms with Crippen LogP contribution in [-0.4, -0.2) is 75.7 Å². The average molecular weight is 503 g/mol. The molecular formula is C21H38IN5O. The molecule has 1 saturated heterocycles. The molecule has 2 rings (SSSR count). The van der Waals surface area contributed by atoms with E-state index in [2.05, 4.69) is 53.6 Å². The molecule has 0 amide bonds. The minimum Gasteiger partial charge on any atom is -0.492 e. The zero-order chi connectivity index (χ0) is 19.3. The van der Waals surface area contributed by atoms with Crippen LogP contribution in [0.2, 0.25) is 0 Å². The lowest BCUT2D eigenvalue weighted by atomic mass is 10.1. The van der Waals surface area contributed by atoms with E-state index in [1.54, 1.807) is 0 Å². The summed E-state index contributed by atoms with van der Waals surface area (Å²) in [4.78, 5) is 9.38. The van der Waals surface area contributed by atoms with Crippen molar-refractivity contribution in [2.75, 3.05) is 60.0 Å². The molecule has 0 unspecified atom stereocenters. The van der Waals surface area contributed by atoms with E-state index < -0.39 is 0 Å². The van der Waals surface area contributed by atoms with E-state index in [9.17, 15) is 0 Å². The Balaban J connectivity index is 0.00000392. The normalized spacial score (nSPS) is 15.2. The highest BCUT2D eigenvalue weighted by atomic mass is 127. The van der Waals surface area contributed by atoms with Crippen LogP contribution in [0, 0.1) is 0 Å². The van der Waals surface area contributed by atoms with Gasteiger partial charge in [-0.2, -0.15) is 0 Å². The van der Waals surface area contributed by atoms with Gasteiger partial charge in [-0.05, 0) is 64.6 Å². The molecule has 28 heavy (non-hydrogen) atoms. The van der Waals surface area contributed by atoms with Crippen molar-refractivity contribution in [1.29, 1.82) is 0 Å². The van der Waals surface area contributed by atoms with Crippen LogP contribution in [0.1, 0.15) is 31.7 Å². The first-order valence-corrected chi connectivity index (χ1v) is 10.3. The number of likely N-dealkylation sites (tertiary alicyclic amines) is 1. The molecule has 1 aromatic carbocycles. The predicted molar refractivity (Wildman–Crippen MR) is 129 cm³/mol. The van der Waals surface area contributed by atoms with Gasteiger partial charge in [-0.15, -0.1) is 24.0 Å². The quantitative estimate of drug-likeness (QED) is 0.292. The van der Waals surface area contributed by atoms with Gasteiger partial charge in [0.15, 0.2) is 5.96 Å². The SMILES string of the molecule is CCNC(=NCc1cccc(OCCN(C)C)c1)NCCN1CCCCC1.I. The Hall–Kier alpha value is -1.06. The van der Waals surface area contributed by atoms with Crippen LogP contribution in [0.4, 0.5) is 0 Å². The summed E-state index contributed by atoms with van der Waals surface area (Å²) in [5, 5.41) is 6.80. The molecule has 0 bridgehead atoms. The average Bonchev–Trinajstić information content (AvgIpc) is 2.67. The summed E-state index contributed by atoms with van der Waals surface area (Å²) >= 11 is 0. The highest BCUT2D eigenvalue weighted by molar-refractivity contribution is 14.0. The predicted octanol–water partition coefficient (Wildman–Crippen LogP) is 2.79. The maximum Gasteiger partial charge on any atom is 0.191 e. The molecule has 1 heterocycles. The lowest BCUT2D eigenvalue weighted by Crippen LogP contribution is -2.42. The van der Waals surface area contributed by atoms with Crippen LogP contribution in [0.5, 0.6) is 5.75 Å². The molecule has 0 aromatic heterocycles. The molecule has 0 spiro atoms. The van der Waals surface area contributed by atoms with Crippen LogP contribution >= 0.6 is 24.0 Å². The zero-order valence-corrected chi connectivity index (χ0v) is 20.1. The molecule has 0 saturated carbocycles. The zero-order valence-electron chi connectivity index (χ0n) is 17.7. The van der Waals surface area contributed by atoms with Gasteiger partial charge in [0.1, 0.15) is 12.4 Å². The van der Waals surface area contributed by atoms with Crippen molar-refractivity contribution in [2.24, 2.45) is 4.99 Å². The number of rotatable bonds is 10. The molecule has 1 fully saturated rings. The Labute approximate surface area is 188 Å². The molecular weight excluding hydrogens is 465 g/mol. The number of hydrogen-bond donors (Lipinski definition) is 2. The van der Waals surface area contributed by atoms with Crippen LogP contribution in [0.15, 0.2) is 29.3 Å². The molecule has 1 aromatic rings. The first kappa shape index (κ1) is 25.0. The van der Waals surface area contributed by atoms with Crippen molar-refractivity contribution in [2.45, 2.75) is 32.7 Å². The molecule has 7 heteroatoms. The molecule has 0 atom stereocenters. The second kappa shape index (κ2) is 14.9. The van der Waals surface area contributed by atoms with E-state index in [-0.39, 0.29) is 24.0 Å². The van der Waals surface area contributed by atoms with Gasteiger partial charge in [-0.1, -0.05) is 18.6 Å². The van der Waals surface area contributed by atoms with Crippen molar-refractivity contribution in [3.05, 3.63) is 29.8 Å². The van der Waals surface area contributed by atoms with Gasteiger partial charge in [0.25, 0.3) is 0 Å². The van der Waals surface area contributed by atoms with Gasteiger partial charge < -0.3 is 25.2 Å². The first-order valence-electron chi connectivity index (χ1n) is 10.3. The monoisotopic (exact) mass is 503 g/mol. The number of ether oxygens (including phenoxy) is 1. The summed E-state index contributed by atoms with van der Waals surface area (Å²) in [6, 6.07) is 8.22. The summed E-state index contributed by atoms with van der Waals surface area (Å²) in [6.45, 7) is 9.69. The van der Waals surface area contributed by atoms with Crippen molar-refractivity contribution in [3.63, 3.8) is 0 Å². The molecule has 1 aliphatic rings. The lowest BCUT2D eigenvalue weighted by Gasteiger charge is -2.26. The van der Waals surface area contributed by atoms with E-state index in [1.165, 1.54) is 32.4 Å². The van der Waals surface area contributed by atoms with E-state index in [4.69, 9.17) is 9.73 Å². The molecule has 1 aliphatic heterocycles. The van der Waals surface area contributed by atoms with E-state index in [1.807, 2.05) is 12.1 Å². The second-order valence-corrected chi connectivity index (χ2v) is 7.32. The fourth-order valence-corrected chi connectivity index (χ4v) is 3.11. The first-order chi connectivity index (χ1) is 13.2. The van der Waals surface area contributed by atoms with E-state index in [0.717, 1.165) is 43.5 Å². The van der Waals surface area contributed by atoms with Gasteiger partial charge in [0.2, 0.25) is 0 Å². The third-order valence-electron chi connectivity index (χ3n) is 4.64. The third-order valence-corrected chi connectivity index (χ3v) is 4.64. The number of nitrogens with zero attached hydrogens (tertiary/aromatic N) is 3. The summed E-state index contributed by atoms with van der Waals surface area (Å²) in [5.74, 6) is 1.79. The molecule has 0 radical (unpaired) electrons. The van der Waals surface area contributed by atoms with Gasteiger partial charge in [0, 0.05) is 26.2 Å². The molecule has 0 aliphatic carbocycles. The molecule has 6 nitrogen and oxygen atoms in total. The Morgan fingerprint density at radius 3 is 2.68 bits per heavy atom. The number of piperidine rings is 1. The molecule has 2 N–H and O–H groups in total. The number of hydrogen-bond acceptors (Lipinski definition) is 4. The maximum atomic E-state index is 5.82. The standard InChI is InChI=1S/C21H37N5O.HI/c1-4-22-21(23-11-14-26-12-6-5-7-13-26)24-18-19-9-8-10-20(17-19)27-16-15-25(2)3;/h8-10,17H,4-7,11-16,18H2,1-3H3,(H2,22,23,24);1H. The summed E-state index contributed by atoms with van der Waals surface area (Å²) < 4.78 is 5.82. The van der Waals surface area contributed by atoms with E-state index >= 15 is 0 Å². The fraction of sp³-hybridized carbons (Fsp3) is 0.667. The fourth-order valence-electron chi connectivity index (χ4n) is 3.11. The minimum atomic E-state index is 0. The minimum absolute atomic E-state index is 0. The third kappa shape index (κ3) is 10.5. The van der Waals surface area contributed by atoms with Crippen molar-refractivity contribution in [1.82, 2.24) is 20.4 Å². The van der Waals surface area contributed by atoms with Gasteiger partial charge in [-0.3, -0.25) is 0 Å². The van der Waals surface area contributed by atoms with Gasteiger partial charge in [-0.25, -0.2) is 4.99 Å². The highest BCUT2D eigenvalue weighted by Crippen LogP contribution is 2.14. The number of nitrogens with one attached hydrogen (secondary N) is 2. The van der Waals surface area contributed by atoms with Crippen LogP contribution in [-0.2, 0) is 6.54 Å². The number of likely N-dealkylation sites (N-methyl/N-ethyl adjacent to an activating group) is 1. The molecule has 160 valence electrons. The van der Waals surface area contributed by atoms with Crippen LogP contribution < -0.4 is 15.4 Å². The number of benzene rings is 1. The van der Waals surface area contributed by atoms with Crippen LogP contribution in [0.3, 0.4) is 0 Å². The van der Waals surface area contributed by atoms with E-state index in [0.29, 0.717) is 13.2 Å². The largest absolute Gasteiger partial charge is 0.492 e. The summed E-state index contributed by atoms with van der Waals surface area (Å²) in [6.07, 6.45) is 4.05. The Morgan fingerprint density at radius 2 is 1.96 bits per heavy atom.